The van der Waals surface area contributed by atoms with Crippen LogP contribution in [0.2, 0.25) is 0 Å². The second kappa shape index (κ2) is 4.35. The smallest absolute Gasteiger partial charge is 0.0951 e. The van der Waals surface area contributed by atoms with Gasteiger partial charge in [0.15, 0.2) is 0 Å². The third kappa shape index (κ3) is 2.08. The van der Waals surface area contributed by atoms with Gasteiger partial charge in [0.05, 0.1) is 18.1 Å². The van der Waals surface area contributed by atoms with Crippen LogP contribution in [-0.4, -0.2) is 28.3 Å². The lowest BCUT2D eigenvalue weighted by molar-refractivity contribution is 0.0807. The van der Waals surface area contributed by atoms with Gasteiger partial charge in [-0.3, -0.25) is 0 Å². The lowest BCUT2D eigenvalue weighted by Gasteiger charge is -2.19. The molecule has 2 unspecified atom stereocenters. The topological polar surface area (TPSA) is 39.1 Å². The number of nitrogens with one attached hydrogen (secondary N) is 1. The van der Waals surface area contributed by atoms with E-state index in [4.69, 9.17) is 4.74 Å². The molecular weight excluding hydrogens is 226 g/mol. The molecule has 3 fully saturated rings. The average Bonchev–Trinajstić information content (AvgIpc) is 3.31. The molecule has 1 aliphatic heterocycles. The summed E-state index contributed by atoms with van der Waals surface area (Å²) >= 11 is 0. The predicted octanol–water partition coefficient (Wildman–Crippen LogP) is 1.88. The van der Waals surface area contributed by atoms with E-state index in [1.54, 1.807) is 0 Å². The fraction of sp³-hybridized carbons (Fsp3) is 0.786. The van der Waals surface area contributed by atoms with Crippen LogP contribution in [0.5, 0.6) is 0 Å². The Bertz CT molecular complexity index is 422. The monoisotopic (exact) mass is 247 g/mol. The lowest BCUT2D eigenvalue weighted by atomic mass is 10.1. The third-order valence-electron chi connectivity index (χ3n) is 4.45. The van der Waals surface area contributed by atoms with Crippen LogP contribution in [0.25, 0.3) is 0 Å². The van der Waals surface area contributed by atoms with Crippen LogP contribution in [0.15, 0.2) is 12.5 Å². The van der Waals surface area contributed by atoms with Gasteiger partial charge in [-0.1, -0.05) is 0 Å². The second-order valence-electron chi connectivity index (χ2n) is 5.97. The molecule has 0 radical (unpaired) electrons. The van der Waals surface area contributed by atoms with Gasteiger partial charge in [-0.2, -0.15) is 0 Å². The number of aromatic nitrogens is 2. The molecule has 4 heteroatoms. The van der Waals surface area contributed by atoms with Gasteiger partial charge >= 0.3 is 0 Å². The summed E-state index contributed by atoms with van der Waals surface area (Å²) < 4.78 is 8.21. The van der Waals surface area contributed by atoms with Gasteiger partial charge in [0.25, 0.3) is 0 Å². The van der Waals surface area contributed by atoms with Gasteiger partial charge in [0.1, 0.15) is 0 Å². The first kappa shape index (κ1) is 11.0. The molecule has 4 nitrogen and oxygen atoms in total. The maximum absolute atomic E-state index is 5.86. The van der Waals surface area contributed by atoms with Gasteiger partial charge < -0.3 is 14.6 Å². The Kier molecular flexibility index (Phi) is 2.66. The summed E-state index contributed by atoms with van der Waals surface area (Å²) in [5.41, 5.74) is 1.33. The number of imidazole rings is 1. The Labute approximate surface area is 108 Å². The van der Waals surface area contributed by atoms with Crippen molar-refractivity contribution in [3.8, 4) is 0 Å². The van der Waals surface area contributed by atoms with Crippen LogP contribution in [0.4, 0.5) is 0 Å². The summed E-state index contributed by atoms with van der Waals surface area (Å²) in [4.78, 5) is 4.29. The molecule has 1 saturated heterocycles. The minimum atomic E-state index is 0.474. The zero-order chi connectivity index (χ0) is 11.9. The van der Waals surface area contributed by atoms with E-state index in [0.29, 0.717) is 12.1 Å². The quantitative estimate of drug-likeness (QED) is 0.863. The number of hydrogen-bond acceptors (Lipinski definition) is 3. The number of ether oxygens (including phenoxy) is 1. The number of nitrogens with zero attached hydrogens (tertiary/aromatic N) is 2. The van der Waals surface area contributed by atoms with E-state index in [9.17, 15) is 0 Å². The molecule has 1 aromatic rings. The molecule has 1 aromatic heterocycles. The molecule has 18 heavy (non-hydrogen) atoms. The maximum atomic E-state index is 5.86. The van der Waals surface area contributed by atoms with Crippen molar-refractivity contribution in [2.75, 3.05) is 6.61 Å². The average molecular weight is 247 g/mol. The van der Waals surface area contributed by atoms with E-state index in [2.05, 4.69) is 14.9 Å². The van der Waals surface area contributed by atoms with E-state index >= 15 is 0 Å². The van der Waals surface area contributed by atoms with Crippen molar-refractivity contribution in [2.24, 2.45) is 5.92 Å². The predicted molar refractivity (Wildman–Crippen MR) is 68.2 cm³/mol. The van der Waals surface area contributed by atoms with Crippen LogP contribution in [0.1, 0.15) is 43.8 Å². The molecule has 2 heterocycles. The van der Waals surface area contributed by atoms with Crippen LogP contribution in [0, 0.1) is 5.92 Å². The van der Waals surface area contributed by atoms with Crippen molar-refractivity contribution >= 4 is 0 Å². The SMILES string of the molecule is c1ncn(C2CC2)c1CNC1CCOC1C1CC1. The molecule has 2 atom stereocenters. The minimum Gasteiger partial charge on any atom is -0.376 e. The van der Waals surface area contributed by atoms with Gasteiger partial charge in [-0.15, -0.1) is 0 Å². The Hall–Kier alpha value is -0.870. The lowest BCUT2D eigenvalue weighted by Crippen LogP contribution is -2.37. The van der Waals surface area contributed by atoms with Crippen LogP contribution < -0.4 is 5.32 Å². The van der Waals surface area contributed by atoms with Crippen molar-refractivity contribution in [1.29, 1.82) is 0 Å². The molecule has 1 N–H and O–H groups in total. The van der Waals surface area contributed by atoms with E-state index in [0.717, 1.165) is 25.1 Å². The molecule has 0 bridgehead atoms. The summed E-state index contributed by atoms with van der Waals surface area (Å²) in [6, 6.07) is 1.28. The third-order valence-corrected chi connectivity index (χ3v) is 4.45. The van der Waals surface area contributed by atoms with Crippen molar-refractivity contribution in [3.63, 3.8) is 0 Å². The minimum absolute atomic E-state index is 0.474. The standard InChI is InChI=1S/C14H21N3O/c1-2-10(1)14-13(5-6-18-14)16-8-12-7-15-9-17(12)11-3-4-11/h7,9-11,13-14,16H,1-6,8H2. The molecular formula is C14H21N3O. The fourth-order valence-electron chi connectivity index (χ4n) is 3.11. The van der Waals surface area contributed by atoms with Gasteiger partial charge in [0, 0.05) is 31.4 Å². The molecule has 0 amide bonds. The van der Waals surface area contributed by atoms with E-state index in [1.165, 1.54) is 37.8 Å². The summed E-state index contributed by atoms with van der Waals surface area (Å²) in [5.74, 6) is 0.832. The molecule has 3 aliphatic rings. The zero-order valence-corrected chi connectivity index (χ0v) is 10.7. The zero-order valence-electron chi connectivity index (χ0n) is 10.7. The number of hydrogen-bond donors (Lipinski definition) is 1. The van der Waals surface area contributed by atoms with Gasteiger partial charge in [-0.05, 0) is 38.0 Å². The largest absolute Gasteiger partial charge is 0.376 e. The molecule has 4 rings (SSSR count). The van der Waals surface area contributed by atoms with Crippen LogP contribution in [-0.2, 0) is 11.3 Å². The molecule has 2 saturated carbocycles. The Morgan fingerprint density at radius 1 is 1.28 bits per heavy atom. The maximum Gasteiger partial charge on any atom is 0.0951 e. The van der Waals surface area contributed by atoms with Crippen molar-refractivity contribution in [1.82, 2.24) is 14.9 Å². The van der Waals surface area contributed by atoms with Crippen LogP contribution >= 0.6 is 0 Å². The first-order valence-electron chi connectivity index (χ1n) is 7.27. The molecule has 98 valence electrons. The van der Waals surface area contributed by atoms with E-state index < -0.39 is 0 Å². The highest BCUT2D eigenvalue weighted by molar-refractivity contribution is 5.04. The normalized spacial score (nSPS) is 32.0. The highest BCUT2D eigenvalue weighted by atomic mass is 16.5. The Morgan fingerprint density at radius 3 is 2.94 bits per heavy atom. The summed E-state index contributed by atoms with van der Waals surface area (Å²) in [7, 11) is 0. The van der Waals surface area contributed by atoms with E-state index in [-0.39, 0.29) is 0 Å². The van der Waals surface area contributed by atoms with Crippen molar-refractivity contribution < 1.29 is 4.74 Å². The molecule has 2 aliphatic carbocycles. The summed E-state index contributed by atoms with van der Waals surface area (Å²) in [6.07, 6.45) is 11.0. The van der Waals surface area contributed by atoms with Gasteiger partial charge in [0.2, 0.25) is 0 Å². The van der Waals surface area contributed by atoms with Crippen molar-refractivity contribution in [3.05, 3.63) is 18.2 Å². The summed E-state index contributed by atoms with van der Waals surface area (Å²) in [5, 5.41) is 3.69. The molecule has 0 aromatic carbocycles. The Balaban J connectivity index is 1.38. The Morgan fingerprint density at radius 2 is 2.17 bits per heavy atom. The summed E-state index contributed by atoms with van der Waals surface area (Å²) in [6.45, 7) is 1.87. The highest BCUT2D eigenvalue weighted by Gasteiger charge is 2.40. The van der Waals surface area contributed by atoms with Crippen LogP contribution in [0.3, 0.4) is 0 Å². The first-order chi connectivity index (χ1) is 8.92. The highest BCUT2D eigenvalue weighted by Crippen LogP contribution is 2.39. The van der Waals surface area contributed by atoms with Gasteiger partial charge in [-0.25, -0.2) is 4.98 Å². The van der Waals surface area contributed by atoms with E-state index in [1.807, 2.05) is 12.5 Å². The molecule has 0 spiro atoms. The second-order valence-corrected chi connectivity index (χ2v) is 5.97. The first-order valence-corrected chi connectivity index (χ1v) is 7.27. The number of rotatable bonds is 5. The fourth-order valence-corrected chi connectivity index (χ4v) is 3.11. The van der Waals surface area contributed by atoms with Crippen molar-refractivity contribution in [2.45, 2.75) is 56.8 Å².